The average Bonchev–Trinajstić information content (AvgIpc) is 2.35. The van der Waals surface area contributed by atoms with E-state index in [2.05, 4.69) is 5.32 Å². The van der Waals surface area contributed by atoms with Crippen molar-refractivity contribution in [1.82, 2.24) is 4.57 Å². The first-order chi connectivity index (χ1) is 8.08. The number of nitrogens with zero attached hydrogens (tertiary/aromatic N) is 1. The number of methoxy groups -OCH3 is 1. The van der Waals surface area contributed by atoms with Crippen molar-refractivity contribution < 1.29 is 4.74 Å². The maximum Gasteiger partial charge on any atom is 0.253 e. The maximum absolute atomic E-state index is 11.9. The van der Waals surface area contributed by atoms with E-state index in [9.17, 15) is 4.79 Å². The summed E-state index contributed by atoms with van der Waals surface area (Å²) in [6.45, 7) is 1.82. The molecule has 0 bridgehead atoms. The minimum Gasteiger partial charge on any atom is -0.497 e. The summed E-state index contributed by atoms with van der Waals surface area (Å²) in [4.78, 5) is 11.9. The SMILES string of the molecule is CNc1cc(OC)cc2c1cc(C)c(=O)n2C. The van der Waals surface area contributed by atoms with Crippen LogP contribution in [-0.4, -0.2) is 18.7 Å². The fraction of sp³-hybridized carbons (Fsp3) is 0.308. The Morgan fingerprint density at radius 3 is 2.59 bits per heavy atom. The van der Waals surface area contributed by atoms with E-state index in [1.165, 1.54) is 0 Å². The zero-order valence-electron chi connectivity index (χ0n) is 10.5. The van der Waals surface area contributed by atoms with Gasteiger partial charge in [0, 0.05) is 42.9 Å². The summed E-state index contributed by atoms with van der Waals surface area (Å²) in [6.07, 6.45) is 0. The largest absolute Gasteiger partial charge is 0.497 e. The summed E-state index contributed by atoms with van der Waals surface area (Å²) in [5.74, 6) is 0.737. The van der Waals surface area contributed by atoms with Gasteiger partial charge in [0.2, 0.25) is 0 Å². The molecule has 0 saturated carbocycles. The molecular formula is C13H16N2O2. The van der Waals surface area contributed by atoms with Crippen LogP contribution in [0.15, 0.2) is 23.0 Å². The molecule has 1 N–H and O–H groups in total. The van der Waals surface area contributed by atoms with E-state index >= 15 is 0 Å². The lowest BCUT2D eigenvalue weighted by molar-refractivity contribution is 0.415. The molecule has 2 rings (SSSR count). The summed E-state index contributed by atoms with van der Waals surface area (Å²) in [6, 6.07) is 5.70. The molecule has 4 heteroatoms. The number of pyridine rings is 1. The summed E-state index contributed by atoms with van der Waals surface area (Å²) < 4.78 is 6.88. The van der Waals surface area contributed by atoms with Gasteiger partial charge in [0.1, 0.15) is 5.75 Å². The smallest absolute Gasteiger partial charge is 0.253 e. The fourth-order valence-electron chi connectivity index (χ4n) is 2.02. The highest BCUT2D eigenvalue weighted by Crippen LogP contribution is 2.28. The second-order valence-electron chi connectivity index (χ2n) is 4.05. The zero-order valence-corrected chi connectivity index (χ0v) is 10.5. The van der Waals surface area contributed by atoms with E-state index in [0.29, 0.717) is 0 Å². The third-order valence-electron chi connectivity index (χ3n) is 3.00. The number of nitrogens with one attached hydrogen (secondary N) is 1. The Kier molecular flexibility index (Phi) is 2.79. The molecule has 1 aromatic carbocycles. The first-order valence-electron chi connectivity index (χ1n) is 5.44. The summed E-state index contributed by atoms with van der Waals surface area (Å²) in [7, 11) is 5.25. The fourth-order valence-corrected chi connectivity index (χ4v) is 2.02. The number of hydrogen-bond donors (Lipinski definition) is 1. The Labute approximate surface area is 99.8 Å². The Balaban J connectivity index is 2.94. The van der Waals surface area contributed by atoms with Crippen LogP contribution in [0.2, 0.25) is 0 Å². The Morgan fingerprint density at radius 2 is 2.00 bits per heavy atom. The van der Waals surface area contributed by atoms with Crippen molar-refractivity contribution in [3.8, 4) is 5.75 Å². The Morgan fingerprint density at radius 1 is 1.29 bits per heavy atom. The molecule has 0 radical (unpaired) electrons. The summed E-state index contributed by atoms with van der Waals surface area (Å²) in [5, 5.41) is 4.14. The van der Waals surface area contributed by atoms with E-state index in [1.54, 1.807) is 18.7 Å². The van der Waals surface area contributed by atoms with Crippen molar-refractivity contribution in [1.29, 1.82) is 0 Å². The number of rotatable bonds is 2. The highest BCUT2D eigenvalue weighted by atomic mass is 16.5. The minimum atomic E-state index is 0.0211. The predicted molar refractivity (Wildman–Crippen MR) is 70.0 cm³/mol. The van der Waals surface area contributed by atoms with Crippen molar-refractivity contribution in [2.24, 2.45) is 7.05 Å². The molecule has 0 aliphatic rings. The number of aryl methyl sites for hydroxylation is 2. The van der Waals surface area contributed by atoms with Crippen LogP contribution in [-0.2, 0) is 7.05 Å². The van der Waals surface area contributed by atoms with Gasteiger partial charge in [-0.2, -0.15) is 0 Å². The maximum atomic E-state index is 11.9. The average molecular weight is 232 g/mol. The van der Waals surface area contributed by atoms with Crippen molar-refractivity contribution in [2.45, 2.75) is 6.92 Å². The lowest BCUT2D eigenvalue weighted by Gasteiger charge is -2.12. The number of anilines is 1. The third kappa shape index (κ3) is 1.75. The van der Waals surface area contributed by atoms with E-state index in [-0.39, 0.29) is 5.56 Å². The lowest BCUT2D eigenvalue weighted by Crippen LogP contribution is -2.19. The molecule has 0 saturated heterocycles. The normalized spacial score (nSPS) is 10.6. The second-order valence-corrected chi connectivity index (χ2v) is 4.05. The molecule has 17 heavy (non-hydrogen) atoms. The van der Waals surface area contributed by atoms with Gasteiger partial charge in [0.25, 0.3) is 5.56 Å². The molecule has 0 spiro atoms. The van der Waals surface area contributed by atoms with Crippen LogP contribution in [0.1, 0.15) is 5.56 Å². The highest BCUT2D eigenvalue weighted by Gasteiger charge is 2.09. The van der Waals surface area contributed by atoms with Crippen molar-refractivity contribution in [2.75, 3.05) is 19.5 Å². The first kappa shape index (κ1) is 11.5. The standard InChI is InChI=1S/C13H16N2O2/c1-8-5-10-11(14-2)6-9(17-4)7-12(10)15(3)13(8)16/h5-7,14H,1-4H3. The van der Waals surface area contributed by atoms with Gasteiger partial charge in [-0.3, -0.25) is 4.79 Å². The zero-order chi connectivity index (χ0) is 12.6. The van der Waals surface area contributed by atoms with Gasteiger partial charge in [-0.1, -0.05) is 0 Å². The van der Waals surface area contributed by atoms with E-state index in [0.717, 1.165) is 27.9 Å². The number of fused-ring (bicyclic) bond motifs is 1. The van der Waals surface area contributed by atoms with Gasteiger partial charge in [0.15, 0.2) is 0 Å². The van der Waals surface area contributed by atoms with Gasteiger partial charge < -0.3 is 14.6 Å². The highest BCUT2D eigenvalue weighted by molar-refractivity contribution is 5.93. The van der Waals surface area contributed by atoms with Crippen molar-refractivity contribution in [3.05, 3.63) is 34.1 Å². The van der Waals surface area contributed by atoms with Gasteiger partial charge >= 0.3 is 0 Å². The van der Waals surface area contributed by atoms with E-state index in [1.807, 2.05) is 32.2 Å². The van der Waals surface area contributed by atoms with Crippen LogP contribution in [0.3, 0.4) is 0 Å². The van der Waals surface area contributed by atoms with Crippen molar-refractivity contribution >= 4 is 16.6 Å². The second kappa shape index (κ2) is 4.13. The number of hydrogen-bond acceptors (Lipinski definition) is 3. The molecular weight excluding hydrogens is 216 g/mol. The van der Waals surface area contributed by atoms with Crippen LogP contribution in [0.5, 0.6) is 5.75 Å². The molecule has 0 unspecified atom stereocenters. The van der Waals surface area contributed by atoms with Gasteiger partial charge in [-0.15, -0.1) is 0 Å². The van der Waals surface area contributed by atoms with Gasteiger partial charge in [-0.25, -0.2) is 0 Å². The predicted octanol–water partition coefficient (Wildman–Crippen LogP) is 1.90. The third-order valence-corrected chi connectivity index (χ3v) is 3.00. The molecule has 0 aliphatic heterocycles. The molecule has 0 fully saturated rings. The van der Waals surface area contributed by atoms with Crippen LogP contribution in [0.25, 0.3) is 10.9 Å². The van der Waals surface area contributed by atoms with Crippen molar-refractivity contribution in [3.63, 3.8) is 0 Å². The molecule has 0 atom stereocenters. The molecule has 0 amide bonds. The molecule has 1 heterocycles. The lowest BCUT2D eigenvalue weighted by atomic mass is 10.1. The summed E-state index contributed by atoms with van der Waals surface area (Å²) in [5.41, 5.74) is 2.58. The van der Waals surface area contributed by atoms with E-state index in [4.69, 9.17) is 4.74 Å². The molecule has 2 aromatic rings. The molecule has 4 nitrogen and oxygen atoms in total. The van der Waals surface area contributed by atoms with Crippen LogP contribution in [0, 0.1) is 6.92 Å². The minimum absolute atomic E-state index is 0.0211. The Bertz CT molecular complexity index is 629. The topological polar surface area (TPSA) is 43.3 Å². The first-order valence-corrected chi connectivity index (χ1v) is 5.44. The van der Waals surface area contributed by atoms with E-state index < -0.39 is 0 Å². The molecule has 0 aliphatic carbocycles. The quantitative estimate of drug-likeness (QED) is 0.860. The summed E-state index contributed by atoms with van der Waals surface area (Å²) >= 11 is 0. The van der Waals surface area contributed by atoms with Crippen LogP contribution >= 0.6 is 0 Å². The van der Waals surface area contributed by atoms with Gasteiger partial charge in [0.05, 0.1) is 12.6 Å². The number of ether oxygens (including phenoxy) is 1. The Hall–Kier alpha value is -1.97. The van der Waals surface area contributed by atoms with Gasteiger partial charge in [-0.05, 0) is 13.0 Å². The number of benzene rings is 1. The molecule has 1 aromatic heterocycles. The van der Waals surface area contributed by atoms with Crippen LogP contribution < -0.4 is 15.6 Å². The number of aromatic nitrogens is 1. The van der Waals surface area contributed by atoms with Crippen LogP contribution in [0.4, 0.5) is 5.69 Å². The molecule has 90 valence electrons. The monoisotopic (exact) mass is 232 g/mol.